The van der Waals surface area contributed by atoms with Crippen LogP contribution in [0.4, 0.5) is 4.79 Å². The first-order valence-electron chi connectivity index (χ1n) is 11.5. The number of alkyl halides is 1. The number of piperidine rings is 2. The molecule has 0 radical (unpaired) electrons. The van der Waals surface area contributed by atoms with Crippen LogP contribution in [0.3, 0.4) is 0 Å². The van der Waals surface area contributed by atoms with Crippen LogP contribution in [0.1, 0.15) is 57.8 Å². The van der Waals surface area contributed by atoms with E-state index in [0.29, 0.717) is 19.1 Å². The molecular formula is C22H34ClN3O2. The lowest BCUT2D eigenvalue weighted by Crippen LogP contribution is -2.57. The highest BCUT2D eigenvalue weighted by Gasteiger charge is 2.49. The van der Waals surface area contributed by atoms with Crippen molar-refractivity contribution in [1.82, 2.24) is 15.1 Å². The third kappa shape index (κ3) is 3.64. The molecule has 0 unspecified atom stereocenters. The van der Waals surface area contributed by atoms with E-state index in [1.807, 2.05) is 9.80 Å². The van der Waals surface area contributed by atoms with Crippen molar-refractivity contribution in [2.24, 2.45) is 29.6 Å². The van der Waals surface area contributed by atoms with Gasteiger partial charge in [-0.3, -0.25) is 4.79 Å². The van der Waals surface area contributed by atoms with E-state index in [2.05, 4.69) is 5.32 Å². The summed E-state index contributed by atoms with van der Waals surface area (Å²) in [6, 6.07) is 0.570. The lowest BCUT2D eigenvalue weighted by molar-refractivity contribution is -0.130. The molecule has 0 aromatic heterocycles. The van der Waals surface area contributed by atoms with Crippen LogP contribution in [0.5, 0.6) is 0 Å². The Balaban J connectivity index is 1.11. The molecule has 6 heteroatoms. The summed E-state index contributed by atoms with van der Waals surface area (Å²) < 4.78 is 0. The van der Waals surface area contributed by atoms with Crippen molar-refractivity contribution >= 4 is 23.5 Å². The lowest BCUT2D eigenvalue weighted by atomic mass is 9.54. The highest BCUT2D eigenvalue weighted by atomic mass is 35.5. The molecule has 4 bridgehead atoms. The second-order valence-electron chi connectivity index (χ2n) is 10.2. The van der Waals surface area contributed by atoms with Crippen molar-refractivity contribution in [2.75, 3.05) is 26.2 Å². The first-order valence-corrected chi connectivity index (χ1v) is 12.0. The molecule has 3 amide bonds. The van der Waals surface area contributed by atoms with E-state index in [-0.39, 0.29) is 23.2 Å². The highest BCUT2D eigenvalue weighted by Crippen LogP contribution is 2.53. The van der Waals surface area contributed by atoms with Crippen LogP contribution in [-0.2, 0) is 4.79 Å². The van der Waals surface area contributed by atoms with Gasteiger partial charge >= 0.3 is 6.03 Å². The van der Waals surface area contributed by atoms with Gasteiger partial charge in [-0.2, -0.15) is 0 Å². The summed E-state index contributed by atoms with van der Waals surface area (Å²) in [5.41, 5.74) is 0. The van der Waals surface area contributed by atoms with Gasteiger partial charge in [-0.05, 0) is 81.5 Å². The highest BCUT2D eigenvalue weighted by molar-refractivity contribution is 6.20. The third-order valence-electron chi connectivity index (χ3n) is 8.37. The molecule has 4 aliphatic carbocycles. The van der Waals surface area contributed by atoms with Gasteiger partial charge < -0.3 is 15.1 Å². The molecule has 2 saturated heterocycles. The average molecular weight is 408 g/mol. The van der Waals surface area contributed by atoms with Gasteiger partial charge in [0.2, 0.25) is 5.91 Å². The number of halogens is 1. The van der Waals surface area contributed by atoms with Crippen molar-refractivity contribution in [3.05, 3.63) is 0 Å². The van der Waals surface area contributed by atoms with E-state index >= 15 is 0 Å². The normalized spacial score (nSPS) is 38.7. The van der Waals surface area contributed by atoms with E-state index in [0.717, 1.165) is 62.4 Å². The van der Waals surface area contributed by atoms with Gasteiger partial charge in [0.05, 0.1) is 0 Å². The second kappa shape index (κ2) is 7.70. The number of carbonyl (C=O) groups is 2. The molecule has 28 heavy (non-hydrogen) atoms. The van der Waals surface area contributed by atoms with Crippen LogP contribution in [0.2, 0.25) is 0 Å². The predicted molar refractivity (Wildman–Crippen MR) is 109 cm³/mol. The van der Waals surface area contributed by atoms with E-state index in [9.17, 15) is 9.59 Å². The minimum atomic E-state index is 0.0785. The maximum absolute atomic E-state index is 13.0. The first kappa shape index (κ1) is 19.0. The molecule has 4 saturated carbocycles. The van der Waals surface area contributed by atoms with Crippen molar-refractivity contribution < 1.29 is 9.59 Å². The Morgan fingerprint density at radius 2 is 1.25 bits per heavy atom. The number of carbonyl (C=O) groups excluding carboxylic acids is 2. The van der Waals surface area contributed by atoms with Crippen LogP contribution in [0.15, 0.2) is 0 Å². The fraction of sp³-hybridized carbons (Fsp3) is 0.909. The number of amides is 3. The first-order chi connectivity index (χ1) is 13.6. The standard InChI is InChI=1S/C22H34ClN3O2/c23-19-3-7-26(8-4-19)22(28)25-5-1-16(2-6-25)21(27)24-20-17-10-14-9-15(12-17)13-18(20)11-14/h14-20H,1-13H2,(H,24,27). The van der Waals surface area contributed by atoms with Gasteiger partial charge in [-0.15, -0.1) is 11.6 Å². The van der Waals surface area contributed by atoms with Crippen LogP contribution < -0.4 is 5.32 Å². The van der Waals surface area contributed by atoms with Crippen LogP contribution in [0.25, 0.3) is 0 Å². The molecule has 6 aliphatic rings. The number of hydrogen-bond donors (Lipinski definition) is 1. The van der Waals surface area contributed by atoms with Crippen LogP contribution in [-0.4, -0.2) is 59.3 Å². The summed E-state index contributed by atoms with van der Waals surface area (Å²) in [6.07, 6.45) is 10.2. The minimum absolute atomic E-state index is 0.0785. The Hall–Kier alpha value is -0.970. The molecule has 2 aliphatic heterocycles. The summed E-state index contributed by atoms with van der Waals surface area (Å²) in [7, 11) is 0. The van der Waals surface area contributed by atoms with Crippen molar-refractivity contribution in [3.63, 3.8) is 0 Å². The Kier molecular flexibility index (Phi) is 5.23. The number of hydrogen-bond acceptors (Lipinski definition) is 2. The van der Waals surface area contributed by atoms with Gasteiger partial charge in [0, 0.05) is 43.5 Å². The number of nitrogens with zero attached hydrogens (tertiary/aromatic N) is 2. The molecular weight excluding hydrogens is 374 g/mol. The SMILES string of the molecule is O=C(NC1C2CC3CC(C2)CC1C3)C1CCN(C(=O)N2CCC(Cl)CC2)CC1. The number of nitrogens with one attached hydrogen (secondary N) is 1. The Bertz CT molecular complexity index is 583. The number of urea groups is 1. The van der Waals surface area contributed by atoms with Crippen molar-refractivity contribution in [1.29, 1.82) is 0 Å². The van der Waals surface area contributed by atoms with Gasteiger partial charge in [0.25, 0.3) is 0 Å². The van der Waals surface area contributed by atoms with Gasteiger partial charge in [0.15, 0.2) is 0 Å². The second-order valence-corrected chi connectivity index (χ2v) is 10.8. The number of rotatable bonds is 2. The molecule has 1 N–H and O–H groups in total. The molecule has 5 nitrogen and oxygen atoms in total. The smallest absolute Gasteiger partial charge is 0.319 e. The zero-order valence-electron chi connectivity index (χ0n) is 16.8. The van der Waals surface area contributed by atoms with Crippen LogP contribution >= 0.6 is 11.6 Å². The molecule has 0 spiro atoms. The van der Waals surface area contributed by atoms with E-state index in [1.165, 1.54) is 32.1 Å². The topological polar surface area (TPSA) is 52.7 Å². The Labute approximate surface area is 173 Å². The van der Waals surface area contributed by atoms with Gasteiger partial charge in [-0.25, -0.2) is 4.79 Å². The van der Waals surface area contributed by atoms with Gasteiger partial charge in [-0.1, -0.05) is 0 Å². The summed E-state index contributed by atoms with van der Waals surface area (Å²) in [4.78, 5) is 29.6. The molecule has 6 rings (SSSR count). The average Bonchev–Trinajstić information content (AvgIpc) is 2.70. The molecule has 2 heterocycles. The lowest BCUT2D eigenvalue weighted by Gasteiger charge is -2.54. The molecule has 6 fully saturated rings. The predicted octanol–water partition coefficient (Wildman–Crippen LogP) is 3.46. The number of likely N-dealkylation sites (tertiary alicyclic amines) is 2. The molecule has 0 aromatic rings. The Morgan fingerprint density at radius 1 is 0.750 bits per heavy atom. The van der Waals surface area contributed by atoms with Crippen molar-refractivity contribution in [3.8, 4) is 0 Å². The third-order valence-corrected chi connectivity index (χ3v) is 8.80. The summed E-state index contributed by atoms with van der Waals surface area (Å²) >= 11 is 6.16. The maximum Gasteiger partial charge on any atom is 0.319 e. The zero-order valence-corrected chi connectivity index (χ0v) is 17.6. The zero-order chi connectivity index (χ0) is 19.3. The maximum atomic E-state index is 13.0. The fourth-order valence-corrected chi connectivity index (χ4v) is 7.21. The minimum Gasteiger partial charge on any atom is -0.353 e. The van der Waals surface area contributed by atoms with E-state index in [4.69, 9.17) is 11.6 Å². The summed E-state index contributed by atoms with van der Waals surface area (Å²) in [5, 5.41) is 3.69. The van der Waals surface area contributed by atoms with Crippen molar-refractivity contribution in [2.45, 2.75) is 69.2 Å². The summed E-state index contributed by atoms with van der Waals surface area (Å²) in [6.45, 7) is 2.94. The molecule has 0 aromatic carbocycles. The Morgan fingerprint density at radius 3 is 1.79 bits per heavy atom. The van der Waals surface area contributed by atoms with E-state index in [1.54, 1.807) is 0 Å². The summed E-state index contributed by atoms with van der Waals surface area (Å²) in [5.74, 6) is 3.67. The largest absolute Gasteiger partial charge is 0.353 e. The monoisotopic (exact) mass is 407 g/mol. The molecule has 156 valence electrons. The quantitative estimate of drug-likeness (QED) is 0.712. The molecule has 0 atom stereocenters. The fourth-order valence-electron chi connectivity index (χ4n) is 7.02. The van der Waals surface area contributed by atoms with Crippen LogP contribution in [0, 0.1) is 29.6 Å². The van der Waals surface area contributed by atoms with E-state index < -0.39 is 0 Å². The van der Waals surface area contributed by atoms with Gasteiger partial charge in [0.1, 0.15) is 0 Å².